The fourth-order valence-electron chi connectivity index (χ4n) is 2.25. The lowest BCUT2D eigenvalue weighted by atomic mass is 10.1. The Kier molecular flexibility index (Phi) is 7.40. The molecule has 1 unspecified atom stereocenters. The van der Waals surface area contributed by atoms with Crippen molar-refractivity contribution in [3.63, 3.8) is 0 Å². The number of methoxy groups -OCH3 is 1. The first-order valence-electron chi connectivity index (χ1n) is 8.01. The van der Waals surface area contributed by atoms with Gasteiger partial charge < -0.3 is 14.8 Å². The van der Waals surface area contributed by atoms with E-state index >= 15 is 0 Å². The minimum absolute atomic E-state index is 0.392. The van der Waals surface area contributed by atoms with Crippen molar-refractivity contribution in [2.75, 3.05) is 7.11 Å². The molecule has 0 radical (unpaired) electrons. The van der Waals surface area contributed by atoms with Crippen molar-refractivity contribution in [1.82, 2.24) is 5.32 Å². The minimum Gasteiger partial charge on any atom is -0.493 e. The maximum Gasteiger partial charge on any atom is 0.167 e. The van der Waals surface area contributed by atoms with Crippen LogP contribution in [0.4, 0.5) is 0 Å². The van der Waals surface area contributed by atoms with E-state index in [-0.39, 0.29) is 0 Å². The monoisotopic (exact) mass is 411 g/mol. The van der Waals surface area contributed by atoms with E-state index < -0.39 is 0 Å². The van der Waals surface area contributed by atoms with Gasteiger partial charge in [-0.05, 0) is 31.5 Å². The van der Waals surface area contributed by atoms with Crippen LogP contribution in [0.25, 0.3) is 0 Å². The van der Waals surface area contributed by atoms with E-state index in [9.17, 15) is 0 Å². The number of nitrogens with one attached hydrogen (secondary N) is 1. The average molecular weight is 413 g/mol. The number of hydrogen-bond acceptors (Lipinski definition) is 3. The summed E-state index contributed by atoms with van der Waals surface area (Å²) < 4.78 is 12.6. The zero-order valence-electron chi connectivity index (χ0n) is 14.2. The molecule has 0 saturated heterocycles. The molecule has 0 saturated carbocycles. The molecule has 24 heavy (non-hydrogen) atoms. The Labute approximate surface area is 157 Å². The number of hydrogen-bond donors (Lipinski definition) is 1. The molecule has 0 spiro atoms. The smallest absolute Gasteiger partial charge is 0.167 e. The molecule has 0 amide bonds. The summed E-state index contributed by atoms with van der Waals surface area (Å²) in [6.07, 6.45) is 1.07. The highest BCUT2D eigenvalue weighted by Gasteiger charge is 2.16. The second-order valence-corrected chi connectivity index (χ2v) is 6.89. The molecule has 0 aliphatic carbocycles. The fourth-order valence-corrected chi connectivity index (χ4v) is 2.89. The summed E-state index contributed by atoms with van der Waals surface area (Å²) in [5.74, 6) is 1.45. The van der Waals surface area contributed by atoms with Gasteiger partial charge >= 0.3 is 0 Å². The van der Waals surface area contributed by atoms with Crippen molar-refractivity contribution < 1.29 is 9.47 Å². The Hall–Kier alpha value is -1.23. The highest BCUT2D eigenvalue weighted by atomic mass is 79.9. The number of rotatable bonds is 8. The third kappa shape index (κ3) is 4.88. The van der Waals surface area contributed by atoms with E-state index in [1.165, 1.54) is 0 Å². The predicted octanol–water partition coefficient (Wildman–Crippen LogP) is 5.58. The maximum atomic E-state index is 6.22. The molecule has 0 fully saturated rings. The van der Waals surface area contributed by atoms with Crippen LogP contribution in [0.2, 0.25) is 5.02 Å². The molecule has 0 aliphatic heterocycles. The summed E-state index contributed by atoms with van der Waals surface area (Å²) in [6, 6.07) is 12.0. The van der Waals surface area contributed by atoms with Crippen molar-refractivity contribution in [1.29, 1.82) is 0 Å². The van der Waals surface area contributed by atoms with Crippen molar-refractivity contribution in [2.24, 2.45) is 0 Å². The van der Waals surface area contributed by atoms with Crippen LogP contribution in [-0.4, -0.2) is 13.2 Å². The van der Waals surface area contributed by atoms with Crippen LogP contribution in [0.5, 0.6) is 11.5 Å². The molecule has 2 rings (SSSR count). The lowest BCUT2D eigenvalue weighted by Crippen LogP contribution is -2.25. The maximum absolute atomic E-state index is 6.22. The van der Waals surface area contributed by atoms with Crippen molar-refractivity contribution in [2.45, 2.75) is 39.5 Å². The first-order chi connectivity index (χ1) is 11.6. The summed E-state index contributed by atoms with van der Waals surface area (Å²) in [7, 11) is 1.65. The van der Waals surface area contributed by atoms with E-state index in [1.54, 1.807) is 7.11 Å². The van der Waals surface area contributed by atoms with Gasteiger partial charge in [-0.15, -0.1) is 0 Å². The standard InChI is InChI=1S/C19H23BrClNO2/c1-4-13(2)22-11-15-16(20)9-10-18(23-3)19(15)24-12-14-7-5-6-8-17(14)21/h5-10,13,22H,4,11-12H2,1-3H3. The molecule has 0 aromatic heterocycles. The van der Waals surface area contributed by atoms with Crippen LogP contribution in [0, 0.1) is 0 Å². The molecule has 2 aromatic rings. The molecule has 1 atom stereocenters. The van der Waals surface area contributed by atoms with Gasteiger partial charge in [0, 0.05) is 33.2 Å². The van der Waals surface area contributed by atoms with E-state index in [0.717, 1.165) is 27.8 Å². The summed E-state index contributed by atoms with van der Waals surface area (Å²) in [4.78, 5) is 0. The topological polar surface area (TPSA) is 30.5 Å². The summed E-state index contributed by atoms with van der Waals surface area (Å²) in [5, 5.41) is 4.20. The summed E-state index contributed by atoms with van der Waals surface area (Å²) in [5.41, 5.74) is 1.99. The quantitative estimate of drug-likeness (QED) is 0.614. The SMILES string of the molecule is CCC(C)NCc1c(Br)ccc(OC)c1OCc1ccccc1Cl. The second kappa shape index (κ2) is 9.30. The molecule has 0 heterocycles. The van der Waals surface area contributed by atoms with Gasteiger partial charge in [-0.25, -0.2) is 0 Å². The molecular weight excluding hydrogens is 390 g/mol. The van der Waals surface area contributed by atoms with E-state index in [2.05, 4.69) is 35.1 Å². The highest BCUT2D eigenvalue weighted by molar-refractivity contribution is 9.10. The normalized spacial score (nSPS) is 12.0. The van der Waals surface area contributed by atoms with Gasteiger partial charge in [0.25, 0.3) is 0 Å². The van der Waals surface area contributed by atoms with E-state index in [4.69, 9.17) is 21.1 Å². The van der Waals surface area contributed by atoms with Crippen LogP contribution in [-0.2, 0) is 13.2 Å². The van der Waals surface area contributed by atoms with Gasteiger partial charge in [-0.2, -0.15) is 0 Å². The average Bonchev–Trinajstić information content (AvgIpc) is 2.60. The molecule has 2 aromatic carbocycles. The van der Waals surface area contributed by atoms with Crippen molar-refractivity contribution in [3.05, 3.63) is 57.0 Å². The Balaban J connectivity index is 2.25. The second-order valence-electron chi connectivity index (χ2n) is 5.63. The first kappa shape index (κ1) is 19.1. The lowest BCUT2D eigenvalue weighted by molar-refractivity contribution is 0.280. The largest absolute Gasteiger partial charge is 0.493 e. The van der Waals surface area contributed by atoms with Crippen LogP contribution in [0.1, 0.15) is 31.4 Å². The Morgan fingerprint density at radius 2 is 1.96 bits per heavy atom. The lowest BCUT2D eigenvalue weighted by Gasteiger charge is -2.19. The number of ether oxygens (including phenoxy) is 2. The molecule has 0 bridgehead atoms. The van der Waals surface area contributed by atoms with Crippen molar-refractivity contribution >= 4 is 27.5 Å². The molecular formula is C19H23BrClNO2. The van der Waals surface area contributed by atoms with Crippen LogP contribution in [0.15, 0.2) is 40.9 Å². The van der Waals surface area contributed by atoms with Gasteiger partial charge in [0.1, 0.15) is 6.61 Å². The molecule has 3 nitrogen and oxygen atoms in total. The van der Waals surface area contributed by atoms with E-state index in [1.807, 2.05) is 36.4 Å². The van der Waals surface area contributed by atoms with Crippen molar-refractivity contribution in [3.8, 4) is 11.5 Å². The van der Waals surface area contributed by atoms with Gasteiger partial charge in [0.05, 0.1) is 7.11 Å². The molecule has 0 aliphatic rings. The van der Waals surface area contributed by atoms with Gasteiger partial charge in [0.15, 0.2) is 11.5 Å². The summed E-state index contributed by atoms with van der Waals surface area (Å²) >= 11 is 9.85. The van der Waals surface area contributed by atoms with Crippen LogP contribution in [0.3, 0.4) is 0 Å². The molecule has 130 valence electrons. The fraction of sp³-hybridized carbons (Fsp3) is 0.368. The Morgan fingerprint density at radius 3 is 2.62 bits per heavy atom. The first-order valence-corrected chi connectivity index (χ1v) is 9.18. The summed E-state index contributed by atoms with van der Waals surface area (Å²) in [6.45, 7) is 5.42. The van der Waals surface area contributed by atoms with Gasteiger partial charge in [0.2, 0.25) is 0 Å². The number of halogens is 2. The molecule has 5 heteroatoms. The Bertz CT molecular complexity index is 678. The van der Waals surface area contributed by atoms with Crippen LogP contribution < -0.4 is 14.8 Å². The number of benzene rings is 2. The highest BCUT2D eigenvalue weighted by Crippen LogP contribution is 2.37. The zero-order valence-corrected chi connectivity index (χ0v) is 16.6. The van der Waals surface area contributed by atoms with Gasteiger partial charge in [-0.1, -0.05) is 52.7 Å². The molecule has 1 N–H and O–H groups in total. The Morgan fingerprint density at radius 1 is 1.21 bits per heavy atom. The van der Waals surface area contributed by atoms with E-state index in [0.29, 0.717) is 30.0 Å². The third-order valence-corrected chi connectivity index (χ3v) is 5.07. The third-order valence-electron chi connectivity index (χ3n) is 3.96. The predicted molar refractivity (Wildman–Crippen MR) is 103 cm³/mol. The van der Waals surface area contributed by atoms with Gasteiger partial charge in [-0.3, -0.25) is 0 Å². The minimum atomic E-state index is 0.392. The van der Waals surface area contributed by atoms with Crippen LogP contribution >= 0.6 is 27.5 Å². The zero-order chi connectivity index (χ0) is 17.5.